The van der Waals surface area contributed by atoms with Gasteiger partial charge in [0.05, 0.1) is 46.4 Å². The number of halogens is 7. The highest BCUT2D eigenvalue weighted by molar-refractivity contribution is 9.10. The van der Waals surface area contributed by atoms with Crippen LogP contribution in [0.15, 0.2) is 60.0 Å². The molecule has 0 saturated carbocycles. The first-order chi connectivity index (χ1) is 19.6. The first kappa shape index (κ1) is 28.6. The lowest BCUT2D eigenvalue weighted by atomic mass is 10.0. The van der Waals surface area contributed by atoms with Gasteiger partial charge in [0.2, 0.25) is 5.69 Å². The zero-order valence-corrected chi connectivity index (χ0v) is 22.7. The van der Waals surface area contributed by atoms with Gasteiger partial charge in [0.25, 0.3) is 0 Å². The van der Waals surface area contributed by atoms with Crippen molar-refractivity contribution in [3.05, 3.63) is 81.7 Å². The minimum atomic E-state index is -3.06. The molecule has 0 aliphatic carbocycles. The van der Waals surface area contributed by atoms with Gasteiger partial charge in [-0.05, 0) is 34.1 Å². The number of alkyl halides is 4. The van der Waals surface area contributed by atoms with E-state index in [4.69, 9.17) is 11.6 Å². The Bertz CT molecular complexity index is 1680. The Hall–Kier alpha value is -3.96. The van der Waals surface area contributed by atoms with Crippen LogP contribution in [-0.2, 0) is 4.74 Å². The normalized spacial score (nSPS) is 12.5. The van der Waals surface area contributed by atoms with Gasteiger partial charge >= 0.3 is 13.2 Å². The number of hydrogen-bond donors (Lipinski definition) is 0. The maximum atomic E-state index is 15.3. The predicted octanol–water partition coefficient (Wildman–Crippen LogP) is 5.19. The summed E-state index contributed by atoms with van der Waals surface area (Å²) in [7, 11) is 0. The van der Waals surface area contributed by atoms with Crippen LogP contribution in [-0.4, -0.2) is 52.8 Å². The van der Waals surface area contributed by atoms with Crippen LogP contribution in [0.25, 0.3) is 28.2 Å². The van der Waals surface area contributed by atoms with Gasteiger partial charge in [0, 0.05) is 18.7 Å². The Balaban J connectivity index is 1.55. The van der Waals surface area contributed by atoms with E-state index in [-0.39, 0.29) is 45.3 Å². The Morgan fingerprint density at radius 3 is 2.56 bits per heavy atom. The molecule has 5 rings (SSSR count). The van der Waals surface area contributed by atoms with Crippen LogP contribution in [0, 0.1) is 11.0 Å². The van der Waals surface area contributed by atoms with E-state index in [2.05, 4.69) is 46.2 Å². The molecule has 0 N–H and O–H groups in total. The molecule has 18 heteroatoms. The monoisotopic (exact) mass is 659 g/mol. The molecule has 214 valence electrons. The Morgan fingerprint density at radius 1 is 1.07 bits per heavy atom. The predicted molar refractivity (Wildman–Crippen MR) is 136 cm³/mol. The minimum absolute atomic E-state index is 0.0177. The standard InChI is InChI=1S/C23H16BrClF5N9O2/c24-18-10-37(35-34-18)17-4-2-14(25)20(26)19(17)12-1-3-16(38(40)9-12)15(5-6-41-23(29)30)36-8-13(7-32-36)21-31-11-33-39(21)22(27)28/h1-4,7-11,15,22-23H,5-6H2. The largest absolute Gasteiger partial charge is 0.618 e. The molecule has 0 spiro atoms. The van der Waals surface area contributed by atoms with E-state index >= 15 is 4.39 Å². The van der Waals surface area contributed by atoms with Crippen LogP contribution in [0.3, 0.4) is 0 Å². The topological polar surface area (TPSA) is 115 Å². The fraction of sp³-hybridized carbons (Fsp3) is 0.217. The number of rotatable bonds is 10. The first-order valence-corrected chi connectivity index (χ1v) is 12.7. The summed E-state index contributed by atoms with van der Waals surface area (Å²) in [6, 6.07) is 4.63. The number of pyridine rings is 1. The van der Waals surface area contributed by atoms with Crippen molar-refractivity contribution in [2.24, 2.45) is 0 Å². The molecule has 0 saturated heterocycles. The molecule has 1 unspecified atom stereocenters. The molecule has 41 heavy (non-hydrogen) atoms. The van der Waals surface area contributed by atoms with E-state index in [9.17, 15) is 22.8 Å². The molecule has 11 nitrogen and oxygen atoms in total. The molecular weight excluding hydrogens is 645 g/mol. The average Bonchev–Trinajstić information content (AvgIpc) is 3.69. The van der Waals surface area contributed by atoms with Crippen LogP contribution < -0.4 is 4.73 Å². The van der Waals surface area contributed by atoms with Gasteiger partial charge in [0.1, 0.15) is 17.0 Å². The van der Waals surface area contributed by atoms with Gasteiger partial charge in [-0.25, -0.2) is 14.1 Å². The zero-order valence-electron chi connectivity index (χ0n) is 20.3. The van der Waals surface area contributed by atoms with Gasteiger partial charge in [-0.3, -0.25) is 4.68 Å². The number of hydrogen-bond acceptors (Lipinski definition) is 7. The molecule has 4 heterocycles. The molecule has 5 aromatic rings. The summed E-state index contributed by atoms with van der Waals surface area (Å²) >= 11 is 9.21. The Labute approximate surface area is 240 Å². The Kier molecular flexibility index (Phi) is 8.27. The fourth-order valence-electron chi connectivity index (χ4n) is 4.17. The van der Waals surface area contributed by atoms with E-state index in [0.717, 1.165) is 12.5 Å². The quantitative estimate of drug-likeness (QED) is 0.115. The van der Waals surface area contributed by atoms with Crippen LogP contribution in [0.5, 0.6) is 0 Å². The van der Waals surface area contributed by atoms with E-state index in [1.165, 1.54) is 52.2 Å². The van der Waals surface area contributed by atoms with Crippen molar-refractivity contribution in [3.8, 4) is 28.2 Å². The molecule has 0 bridgehead atoms. The Morgan fingerprint density at radius 2 is 1.88 bits per heavy atom. The molecule has 0 aliphatic heterocycles. The third kappa shape index (κ3) is 5.91. The number of aromatic nitrogens is 9. The van der Waals surface area contributed by atoms with Gasteiger partial charge in [-0.1, -0.05) is 16.8 Å². The van der Waals surface area contributed by atoms with Crippen molar-refractivity contribution in [2.75, 3.05) is 6.61 Å². The summed E-state index contributed by atoms with van der Waals surface area (Å²) in [5, 5.41) is 28.5. The van der Waals surface area contributed by atoms with Crippen molar-refractivity contribution in [1.82, 2.24) is 39.5 Å². The SMILES string of the molecule is [O-][n+]1cc(-c2c(-n3cc(Br)nn3)ccc(Cl)c2F)ccc1C(CCOC(F)F)n1cc(-c2ncnn2C(F)F)cn1. The number of nitrogens with zero attached hydrogens (tertiary/aromatic N) is 9. The van der Waals surface area contributed by atoms with E-state index in [0.29, 0.717) is 14.0 Å². The highest BCUT2D eigenvalue weighted by Crippen LogP contribution is 2.34. The highest BCUT2D eigenvalue weighted by atomic mass is 79.9. The lowest BCUT2D eigenvalue weighted by Crippen LogP contribution is -2.36. The molecule has 4 aromatic heterocycles. The van der Waals surface area contributed by atoms with Crippen molar-refractivity contribution in [3.63, 3.8) is 0 Å². The van der Waals surface area contributed by atoms with Gasteiger partial charge < -0.3 is 9.94 Å². The van der Waals surface area contributed by atoms with E-state index < -0.39 is 31.6 Å². The molecule has 1 aromatic carbocycles. The summed E-state index contributed by atoms with van der Waals surface area (Å²) in [5.74, 6) is -1.01. The first-order valence-electron chi connectivity index (χ1n) is 11.6. The summed E-state index contributed by atoms with van der Waals surface area (Å²) in [6.07, 6.45) is 5.89. The highest BCUT2D eigenvalue weighted by Gasteiger charge is 2.27. The molecule has 0 amide bonds. The van der Waals surface area contributed by atoms with Crippen LogP contribution >= 0.6 is 27.5 Å². The van der Waals surface area contributed by atoms with Crippen LogP contribution in [0.4, 0.5) is 22.0 Å². The lowest BCUT2D eigenvalue weighted by Gasteiger charge is -2.18. The van der Waals surface area contributed by atoms with Gasteiger partial charge in [-0.15, -0.1) is 5.10 Å². The van der Waals surface area contributed by atoms with Crippen LogP contribution in [0.1, 0.15) is 24.7 Å². The summed E-state index contributed by atoms with van der Waals surface area (Å²) < 4.78 is 75.4. The second-order valence-electron chi connectivity index (χ2n) is 8.36. The maximum Gasteiger partial charge on any atom is 0.345 e. The zero-order chi connectivity index (χ0) is 29.3. The summed E-state index contributed by atoms with van der Waals surface area (Å²) in [4.78, 5) is 3.82. The second kappa shape index (κ2) is 11.9. The van der Waals surface area contributed by atoms with Crippen molar-refractivity contribution in [2.45, 2.75) is 25.6 Å². The fourth-order valence-corrected chi connectivity index (χ4v) is 4.60. The minimum Gasteiger partial charge on any atom is -0.618 e. The average molecular weight is 661 g/mol. The maximum absolute atomic E-state index is 15.3. The van der Waals surface area contributed by atoms with Gasteiger partial charge in [0.15, 0.2) is 17.8 Å². The summed E-state index contributed by atoms with van der Waals surface area (Å²) in [5.41, 5.74) is 0.473. The van der Waals surface area contributed by atoms with Crippen molar-refractivity contribution in [1.29, 1.82) is 0 Å². The number of ether oxygens (including phenoxy) is 1. The van der Waals surface area contributed by atoms with Crippen molar-refractivity contribution < 1.29 is 31.4 Å². The lowest BCUT2D eigenvalue weighted by molar-refractivity contribution is -0.615. The van der Waals surface area contributed by atoms with Crippen molar-refractivity contribution >= 4 is 27.5 Å². The van der Waals surface area contributed by atoms with E-state index in [1.807, 2.05) is 0 Å². The molecule has 0 radical (unpaired) electrons. The number of benzene rings is 1. The third-order valence-corrected chi connectivity index (χ3v) is 6.59. The second-order valence-corrected chi connectivity index (χ2v) is 9.58. The third-order valence-electron chi connectivity index (χ3n) is 5.93. The van der Waals surface area contributed by atoms with E-state index in [1.54, 1.807) is 0 Å². The molecule has 0 fully saturated rings. The molecule has 1 atom stereocenters. The summed E-state index contributed by atoms with van der Waals surface area (Å²) in [6.45, 7) is -6.50. The smallest absolute Gasteiger partial charge is 0.345 e. The van der Waals surface area contributed by atoms with Crippen LogP contribution in [0.2, 0.25) is 5.02 Å². The molecule has 0 aliphatic rings. The van der Waals surface area contributed by atoms with Gasteiger partial charge in [-0.2, -0.15) is 37.2 Å². The molecular formula is C23H16BrClF5N9O2.